The Morgan fingerprint density at radius 1 is 1.29 bits per heavy atom. The van der Waals surface area contributed by atoms with Gasteiger partial charge in [0.2, 0.25) is 0 Å². The van der Waals surface area contributed by atoms with Gasteiger partial charge in [-0.1, -0.05) is 0 Å². The van der Waals surface area contributed by atoms with Gasteiger partial charge < -0.3 is 15.0 Å². The summed E-state index contributed by atoms with van der Waals surface area (Å²) in [5.41, 5.74) is 11.8. The molecule has 0 saturated heterocycles. The van der Waals surface area contributed by atoms with Crippen molar-refractivity contribution < 1.29 is 9.53 Å². The topological polar surface area (TPSA) is 60.5 Å². The molecule has 1 aromatic heterocycles. The number of methoxy groups -OCH3 is 1. The Morgan fingerprint density at radius 2 is 1.90 bits per heavy atom. The number of aromatic nitrogens is 1. The molecule has 21 heavy (non-hydrogen) atoms. The van der Waals surface area contributed by atoms with Gasteiger partial charge in [-0.3, -0.25) is 9.69 Å². The number of carbonyl (C=O) groups excluding carboxylic acids is 1. The number of aryl methyl sites for hydroxylation is 1. The minimum atomic E-state index is -0.740. The predicted octanol–water partition coefficient (Wildman–Crippen LogP) is 1.60. The molecule has 5 nitrogen and oxygen atoms in total. The van der Waals surface area contributed by atoms with Crippen LogP contribution in [-0.2, 0) is 29.7 Å². The molecule has 3 rings (SSSR count). The minimum absolute atomic E-state index is 0.400. The number of fused-ring (bicyclic) bond motifs is 2. The summed E-state index contributed by atoms with van der Waals surface area (Å²) in [4.78, 5) is 14.1. The summed E-state index contributed by atoms with van der Waals surface area (Å²) in [6.07, 6.45) is 0. The van der Waals surface area contributed by atoms with Crippen LogP contribution in [-0.4, -0.2) is 29.6 Å². The summed E-state index contributed by atoms with van der Waals surface area (Å²) in [6, 6.07) is 3.66. The van der Waals surface area contributed by atoms with E-state index in [1.54, 1.807) is 0 Å². The van der Waals surface area contributed by atoms with E-state index in [0.717, 1.165) is 35.2 Å². The lowest BCUT2D eigenvalue weighted by atomic mass is 10.0. The van der Waals surface area contributed by atoms with Crippen LogP contribution in [0.25, 0.3) is 10.9 Å². The van der Waals surface area contributed by atoms with Crippen LogP contribution >= 0.6 is 0 Å². The van der Waals surface area contributed by atoms with E-state index in [1.165, 1.54) is 18.2 Å². The van der Waals surface area contributed by atoms with E-state index in [2.05, 4.69) is 28.6 Å². The molecule has 0 radical (unpaired) electrons. The molecule has 1 aliphatic rings. The summed E-state index contributed by atoms with van der Waals surface area (Å²) in [5, 5.41) is 1.06. The van der Waals surface area contributed by atoms with Gasteiger partial charge in [0.15, 0.2) is 0 Å². The lowest BCUT2D eigenvalue weighted by Gasteiger charge is -2.10. The van der Waals surface area contributed by atoms with Crippen molar-refractivity contribution in [1.29, 1.82) is 0 Å². The molecular formula is C16H21N3O2. The van der Waals surface area contributed by atoms with Crippen molar-refractivity contribution in [3.05, 3.63) is 34.5 Å². The van der Waals surface area contributed by atoms with Crippen molar-refractivity contribution in [2.75, 3.05) is 14.2 Å². The van der Waals surface area contributed by atoms with Gasteiger partial charge in [0.25, 0.3) is 0 Å². The molecule has 0 aliphatic carbocycles. The second-order valence-corrected chi connectivity index (χ2v) is 5.87. The first-order valence-corrected chi connectivity index (χ1v) is 7.06. The minimum Gasteiger partial charge on any atom is -0.468 e. The Labute approximate surface area is 124 Å². The Kier molecular flexibility index (Phi) is 3.26. The predicted molar refractivity (Wildman–Crippen MR) is 81.8 cm³/mol. The smallest absolute Gasteiger partial charge is 0.327 e. The van der Waals surface area contributed by atoms with Gasteiger partial charge in [0.1, 0.15) is 6.04 Å². The van der Waals surface area contributed by atoms with Crippen LogP contribution in [0.1, 0.15) is 28.4 Å². The average Bonchev–Trinajstić information content (AvgIpc) is 2.93. The molecule has 0 bridgehead atoms. The number of benzene rings is 1. The van der Waals surface area contributed by atoms with Crippen LogP contribution in [0.15, 0.2) is 12.1 Å². The van der Waals surface area contributed by atoms with Gasteiger partial charge in [-0.15, -0.1) is 0 Å². The van der Waals surface area contributed by atoms with Gasteiger partial charge in [0.05, 0.1) is 7.11 Å². The lowest BCUT2D eigenvalue weighted by molar-refractivity contribution is -0.142. The number of nitrogens with zero attached hydrogens (tertiary/aromatic N) is 2. The number of carbonyl (C=O) groups is 1. The molecule has 2 N–H and O–H groups in total. The van der Waals surface area contributed by atoms with E-state index < -0.39 is 12.0 Å². The van der Waals surface area contributed by atoms with Crippen molar-refractivity contribution in [3.63, 3.8) is 0 Å². The van der Waals surface area contributed by atoms with E-state index >= 15 is 0 Å². The number of hydrogen-bond donors (Lipinski definition) is 1. The SMILES string of the molecule is COC(=O)C(N)c1c(C)n(C)c2cc3c(cc12)CN(C)C3. The molecular weight excluding hydrogens is 266 g/mol. The first kappa shape index (κ1) is 14.1. The van der Waals surface area contributed by atoms with Crippen molar-refractivity contribution >= 4 is 16.9 Å². The molecule has 2 aromatic rings. The number of esters is 1. The number of nitrogens with two attached hydrogens (primary N) is 1. The first-order chi connectivity index (χ1) is 9.93. The average molecular weight is 287 g/mol. The van der Waals surface area contributed by atoms with Crippen molar-refractivity contribution in [3.8, 4) is 0 Å². The zero-order valence-corrected chi connectivity index (χ0v) is 12.9. The molecule has 5 heteroatoms. The Balaban J connectivity index is 2.23. The van der Waals surface area contributed by atoms with Gasteiger partial charge >= 0.3 is 5.97 Å². The largest absolute Gasteiger partial charge is 0.468 e. The van der Waals surface area contributed by atoms with E-state index in [0.29, 0.717) is 0 Å². The fourth-order valence-corrected chi connectivity index (χ4v) is 3.30. The quantitative estimate of drug-likeness (QED) is 0.852. The lowest BCUT2D eigenvalue weighted by Crippen LogP contribution is -2.23. The summed E-state index contributed by atoms with van der Waals surface area (Å²) in [6.45, 7) is 3.90. The van der Waals surface area contributed by atoms with Gasteiger partial charge in [0, 0.05) is 42.3 Å². The number of rotatable bonds is 2. The summed E-state index contributed by atoms with van der Waals surface area (Å²) >= 11 is 0. The molecule has 1 aliphatic heterocycles. The zero-order valence-electron chi connectivity index (χ0n) is 12.9. The van der Waals surface area contributed by atoms with Crippen LogP contribution < -0.4 is 5.73 Å². The van der Waals surface area contributed by atoms with Crippen LogP contribution in [0, 0.1) is 6.92 Å². The Bertz CT molecular complexity index is 733. The van der Waals surface area contributed by atoms with E-state index in [4.69, 9.17) is 10.5 Å². The van der Waals surface area contributed by atoms with Gasteiger partial charge in [-0.05, 0) is 37.2 Å². The third-order valence-corrected chi connectivity index (χ3v) is 4.51. The van der Waals surface area contributed by atoms with Gasteiger partial charge in [-0.2, -0.15) is 0 Å². The molecule has 2 heterocycles. The van der Waals surface area contributed by atoms with Gasteiger partial charge in [-0.25, -0.2) is 0 Å². The van der Waals surface area contributed by atoms with Crippen molar-refractivity contribution in [2.24, 2.45) is 12.8 Å². The highest BCUT2D eigenvalue weighted by Crippen LogP contribution is 2.34. The molecule has 112 valence electrons. The number of hydrogen-bond acceptors (Lipinski definition) is 4. The maximum Gasteiger partial charge on any atom is 0.327 e. The Morgan fingerprint density at radius 3 is 2.52 bits per heavy atom. The molecule has 0 amide bonds. The standard InChI is InChI=1S/C16H21N3O2/c1-9-14(15(17)16(20)21-4)12-5-10-7-18(2)8-11(10)6-13(12)19(9)3/h5-6,15H,7-8,17H2,1-4H3. The zero-order chi connectivity index (χ0) is 15.3. The highest BCUT2D eigenvalue weighted by Gasteiger charge is 2.26. The van der Waals surface area contributed by atoms with Crippen molar-refractivity contribution in [2.45, 2.75) is 26.1 Å². The third kappa shape index (κ3) is 2.04. The molecule has 0 saturated carbocycles. The molecule has 0 spiro atoms. The molecule has 1 unspecified atom stereocenters. The second-order valence-electron chi connectivity index (χ2n) is 5.87. The van der Waals surface area contributed by atoms with Crippen LogP contribution in [0.2, 0.25) is 0 Å². The first-order valence-electron chi connectivity index (χ1n) is 7.06. The van der Waals surface area contributed by atoms with E-state index in [9.17, 15) is 4.79 Å². The van der Waals surface area contributed by atoms with Crippen LogP contribution in [0.3, 0.4) is 0 Å². The molecule has 1 atom stereocenters. The summed E-state index contributed by atoms with van der Waals surface area (Å²) in [5.74, 6) is -0.400. The van der Waals surface area contributed by atoms with Crippen LogP contribution in [0.4, 0.5) is 0 Å². The summed E-state index contributed by atoms with van der Waals surface area (Å²) in [7, 11) is 5.49. The molecule has 0 fully saturated rings. The van der Waals surface area contributed by atoms with E-state index in [1.807, 2.05) is 14.0 Å². The monoisotopic (exact) mass is 287 g/mol. The maximum absolute atomic E-state index is 11.8. The second kappa shape index (κ2) is 4.86. The normalized spacial score (nSPS) is 16.2. The highest BCUT2D eigenvalue weighted by atomic mass is 16.5. The van der Waals surface area contributed by atoms with Crippen molar-refractivity contribution in [1.82, 2.24) is 9.47 Å². The number of ether oxygens (including phenoxy) is 1. The van der Waals surface area contributed by atoms with E-state index in [-0.39, 0.29) is 0 Å². The maximum atomic E-state index is 11.8. The third-order valence-electron chi connectivity index (χ3n) is 4.51. The fourth-order valence-electron chi connectivity index (χ4n) is 3.30. The highest BCUT2D eigenvalue weighted by molar-refractivity contribution is 5.92. The molecule has 1 aromatic carbocycles. The summed E-state index contributed by atoms with van der Waals surface area (Å²) < 4.78 is 6.91. The Hall–Kier alpha value is -1.85. The van der Waals surface area contributed by atoms with Crippen LogP contribution in [0.5, 0.6) is 0 Å². The fraction of sp³-hybridized carbons (Fsp3) is 0.438.